The van der Waals surface area contributed by atoms with E-state index in [1.807, 2.05) is 25.1 Å². The van der Waals surface area contributed by atoms with Crippen LogP contribution in [-0.4, -0.2) is 28.5 Å². The molecule has 0 saturated heterocycles. The van der Waals surface area contributed by atoms with E-state index < -0.39 is 0 Å². The number of nitrogens with zero attached hydrogens (tertiary/aromatic N) is 2. The molecule has 0 amide bonds. The number of aryl methyl sites for hydroxylation is 1. The van der Waals surface area contributed by atoms with Gasteiger partial charge in [0.2, 0.25) is 5.13 Å². The fourth-order valence-electron chi connectivity index (χ4n) is 2.20. The van der Waals surface area contributed by atoms with Crippen LogP contribution in [0.5, 0.6) is 0 Å². The van der Waals surface area contributed by atoms with Gasteiger partial charge in [0.25, 0.3) is 0 Å². The first-order chi connectivity index (χ1) is 9.53. The van der Waals surface area contributed by atoms with Gasteiger partial charge < -0.3 is 10.4 Å². The number of aliphatic hydroxyl groups excluding tert-OH is 1. The number of anilines is 1. The van der Waals surface area contributed by atoms with Gasteiger partial charge in [-0.15, -0.1) is 10.2 Å². The van der Waals surface area contributed by atoms with Crippen LogP contribution in [0.1, 0.15) is 30.3 Å². The Labute approximate surface area is 123 Å². The van der Waals surface area contributed by atoms with Gasteiger partial charge in [0.1, 0.15) is 5.01 Å². The molecule has 0 aliphatic carbocycles. The van der Waals surface area contributed by atoms with Crippen molar-refractivity contribution in [3.8, 4) is 0 Å². The summed E-state index contributed by atoms with van der Waals surface area (Å²) < 4.78 is 0. The topological polar surface area (TPSA) is 58.0 Å². The van der Waals surface area contributed by atoms with E-state index in [1.54, 1.807) is 11.3 Å². The molecule has 1 heterocycles. The number of benzene rings is 1. The van der Waals surface area contributed by atoms with Gasteiger partial charge in [-0.2, -0.15) is 0 Å². The first-order valence-electron chi connectivity index (χ1n) is 6.73. The highest BCUT2D eigenvalue weighted by Crippen LogP contribution is 2.35. The summed E-state index contributed by atoms with van der Waals surface area (Å²) in [5.74, 6) is 0.206. The second-order valence-electron chi connectivity index (χ2n) is 5.62. The Morgan fingerprint density at radius 3 is 2.50 bits per heavy atom. The fourth-order valence-corrected chi connectivity index (χ4v) is 2.80. The summed E-state index contributed by atoms with van der Waals surface area (Å²) in [6.07, 6.45) is 0. The Kier molecular flexibility index (Phi) is 4.73. The van der Waals surface area contributed by atoms with Gasteiger partial charge in [-0.3, -0.25) is 0 Å². The molecule has 108 valence electrons. The molecule has 0 aliphatic heterocycles. The van der Waals surface area contributed by atoms with E-state index >= 15 is 0 Å². The van der Waals surface area contributed by atoms with Crippen LogP contribution in [-0.2, 0) is 0 Å². The summed E-state index contributed by atoms with van der Waals surface area (Å²) in [7, 11) is 0. The normalized spacial score (nSPS) is 13.2. The molecular formula is C15H21N3OS. The van der Waals surface area contributed by atoms with Crippen LogP contribution < -0.4 is 5.32 Å². The molecule has 1 aromatic heterocycles. The molecule has 0 radical (unpaired) electrons. The summed E-state index contributed by atoms with van der Waals surface area (Å²) in [5.41, 5.74) is 1.02. The third kappa shape index (κ3) is 3.55. The average molecular weight is 291 g/mol. The Balaban J connectivity index is 2.15. The van der Waals surface area contributed by atoms with E-state index in [9.17, 15) is 5.11 Å². The van der Waals surface area contributed by atoms with Gasteiger partial charge in [0.15, 0.2) is 0 Å². The van der Waals surface area contributed by atoms with Gasteiger partial charge in [-0.05, 0) is 17.9 Å². The molecular weight excluding hydrogens is 270 g/mol. The van der Waals surface area contributed by atoms with Crippen molar-refractivity contribution < 1.29 is 5.11 Å². The molecule has 1 aromatic carbocycles. The third-order valence-electron chi connectivity index (χ3n) is 3.54. The standard InChI is InChI=1S/C15H21N3OS/c1-11-17-18-14(20-11)16-9-13(15(2,3)10-19)12-7-5-4-6-8-12/h4-8,13,19H,9-10H2,1-3H3,(H,16,18). The molecule has 5 heteroatoms. The van der Waals surface area contributed by atoms with Crippen LogP contribution in [0.2, 0.25) is 0 Å². The molecule has 2 N–H and O–H groups in total. The second kappa shape index (κ2) is 6.33. The summed E-state index contributed by atoms with van der Waals surface area (Å²) in [6, 6.07) is 10.3. The maximum absolute atomic E-state index is 9.67. The quantitative estimate of drug-likeness (QED) is 0.859. The number of hydrogen-bond acceptors (Lipinski definition) is 5. The predicted octanol–water partition coefficient (Wildman–Crippen LogP) is 3.06. The van der Waals surface area contributed by atoms with Gasteiger partial charge in [-0.25, -0.2) is 0 Å². The number of aliphatic hydroxyl groups is 1. The fraction of sp³-hybridized carbons (Fsp3) is 0.467. The lowest BCUT2D eigenvalue weighted by Gasteiger charge is -2.33. The number of hydrogen-bond donors (Lipinski definition) is 2. The number of nitrogens with one attached hydrogen (secondary N) is 1. The zero-order valence-corrected chi connectivity index (χ0v) is 12.9. The highest BCUT2D eigenvalue weighted by atomic mass is 32.1. The van der Waals surface area contributed by atoms with Crippen molar-refractivity contribution in [3.05, 3.63) is 40.9 Å². The van der Waals surface area contributed by atoms with Crippen LogP contribution >= 0.6 is 11.3 Å². The Hall–Kier alpha value is -1.46. The van der Waals surface area contributed by atoms with Crippen LogP contribution in [0.3, 0.4) is 0 Å². The molecule has 2 aromatic rings. The number of rotatable bonds is 6. The zero-order chi connectivity index (χ0) is 14.6. The van der Waals surface area contributed by atoms with Crippen molar-refractivity contribution in [2.75, 3.05) is 18.5 Å². The van der Waals surface area contributed by atoms with Crippen LogP contribution in [0.25, 0.3) is 0 Å². The molecule has 1 atom stereocenters. The minimum atomic E-state index is -0.200. The van der Waals surface area contributed by atoms with Gasteiger partial charge in [-0.1, -0.05) is 55.5 Å². The Bertz CT molecular complexity index is 539. The summed E-state index contributed by atoms with van der Waals surface area (Å²) in [4.78, 5) is 0. The maximum Gasteiger partial charge on any atom is 0.205 e. The third-order valence-corrected chi connectivity index (χ3v) is 4.33. The maximum atomic E-state index is 9.67. The summed E-state index contributed by atoms with van der Waals surface area (Å²) >= 11 is 1.55. The Morgan fingerprint density at radius 1 is 1.25 bits per heavy atom. The zero-order valence-electron chi connectivity index (χ0n) is 12.1. The minimum Gasteiger partial charge on any atom is -0.396 e. The number of aromatic nitrogens is 2. The average Bonchev–Trinajstić information content (AvgIpc) is 2.86. The van der Waals surface area contributed by atoms with Crippen molar-refractivity contribution in [2.45, 2.75) is 26.7 Å². The van der Waals surface area contributed by atoms with Crippen molar-refractivity contribution in [1.29, 1.82) is 0 Å². The van der Waals surface area contributed by atoms with Crippen LogP contribution in [0, 0.1) is 12.3 Å². The highest BCUT2D eigenvalue weighted by molar-refractivity contribution is 7.15. The van der Waals surface area contributed by atoms with Crippen LogP contribution in [0.15, 0.2) is 30.3 Å². The minimum absolute atomic E-state index is 0.142. The van der Waals surface area contributed by atoms with Crippen molar-refractivity contribution in [1.82, 2.24) is 10.2 Å². The Morgan fingerprint density at radius 2 is 1.95 bits per heavy atom. The SMILES string of the molecule is Cc1nnc(NCC(c2ccccc2)C(C)(C)CO)s1. The van der Waals surface area contributed by atoms with E-state index in [1.165, 1.54) is 5.56 Å². The lowest BCUT2D eigenvalue weighted by molar-refractivity contribution is 0.134. The van der Waals surface area contributed by atoms with Gasteiger partial charge >= 0.3 is 0 Å². The van der Waals surface area contributed by atoms with E-state index in [4.69, 9.17) is 0 Å². The summed E-state index contributed by atoms with van der Waals surface area (Å²) in [6.45, 7) is 6.97. The molecule has 4 nitrogen and oxygen atoms in total. The van der Waals surface area contributed by atoms with Crippen molar-refractivity contribution >= 4 is 16.5 Å². The molecule has 0 bridgehead atoms. The molecule has 2 rings (SSSR count). The second-order valence-corrected chi connectivity index (χ2v) is 6.80. The molecule has 1 unspecified atom stereocenters. The molecule has 0 saturated carbocycles. The molecule has 0 spiro atoms. The van der Waals surface area contributed by atoms with Crippen LogP contribution in [0.4, 0.5) is 5.13 Å². The largest absolute Gasteiger partial charge is 0.396 e. The van der Waals surface area contributed by atoms with Crippen molar-refractivity contribution in [3.63, 3.8) is 0 Å². The monoisotopic (exact) mass is 291 g/mol. The lowest BCUT2D eigenvalue weighted by atomic mass is 9.75. The predicted molar refractivity (Wildman–Crippen MR) is 83.2 cm³/mol. The lowest BCUT2D eigenvalue weighted by Crippen LogP contribution is -2.31. The highest BCUT2D eigenvalue weighted by Gasteiger charge is 2.30. The van der Waals surface area contributed by atoms with E-state index in [-0.39, 0.29) is 17.9 Å². The molecule has 0 fully saturated rings. The van der Waals surface area contributed by atoms with E-state index in [0.717, 1.165) is 16.7 Å². The first kappa shape index (κ1) is 14.9. The first-order valence-corrected chi connectivity index (χ1v) is 7.54. The van der Waals surface area contributed by atoms with Crippen molar-refractivity contribution in [2.24, 2.45) is 5.41 Å². The van der Waals surface area contributed by atoms with Gasteiger partial charge in [0, 0.05) is 19.1 Å². The van der Waals surface area contributed by atoms with Gasteiger partial charge in [0.05, 0.1) is 0 Å². The summed E-state index contributed by atoms with van der Waals surface area (Å²) in [5, 5.41) is 22.9. The van der Waals surface area contributed by atoms with E-state index in [2.05, 4.69) is 41.5 Å². The molecule has 20 heavy (non-hydrogen) atoms. The molecule has 0 aliphatic rings. The van der Waals surface area contributed by atoms with E-state index in [0.29, 0.717) is 0 Å². The smallest absolute Gasteiger partial charge is 0.205 e.